The van der Waals surface area contributed by atoms with Crippen LogP contribution in [0.25, 0.3) is 11.3 Å². The van der Waals surface area contributed by atoms with Gasteiger partial charge in [0.2, 0.25) is 0 Å². The van der Waals surface area contributed by atoms with Gasteiger partial charge >= 0.3 is 0 Å². The van der Waals surface area contributed by atoms with Gasteiger partial charge in [0.15, 0.2) is 0 Å². The van der Waals surface area contributed by atoms with E-state index in [9.17, 15) is 0 Å². The zero-order valence-corrected chi connectivity index (χ0v) is 11.8. The van der Waals surface area contributed by atoms with Crippen molar-refractivity contribution in [3.63, 3.8) is 0 Å². The Morgan fingerprint density at radius 1 is 1.10 bits per heavy atom. The molecule has 0 saturated carbocycles. The van der Waals surface area contributed by atoms with E-state index in [1.807, 2.05) is 12.1 Å². The van der Waals surface area contributed by atoms with E-state index in [0.29, 0.717) is 0 Å². The van der Waals surface area contributed by atoms with Crippen LogP contribution < -0.4 is 0 Å². The fourth-order valence-corrected chi connectivity index (χ4v) is 2.30. The average molecular weight is 266 g/mol. The summed E-state index contributed by atoms with van der Waals surface area (Å²) in [5.41, 5.74) is 4.26. The lowest BCUT2D eigenvalue weighted by Gasteiger charge is -2.17. The molecule has 1 aromatic carbocycles. The average Bonchev–Trinajstić information content (AvgIpc) is 2.85. The molecule has 0 aliphatic carbocycles. The van der Waals surface area contributed by atoms with Gasteiger partial charge in [-0.3, -0.25) is 0 Å². The minimum Gasteiger partial charge on any atom is -0.362 e. The molecule has 0 unspecified atom stereocenters. The minimum absolute atomic E-state index is 0.794. The number of benzene rings is 1. The Kier molecular flexibility index (Phi) is 3.37. The number of hydrogen-bond donors (Lipinski definition) is 0. The Morgan fingerprint density at radius 2 is 2.00 bits per heavy atom. The monoisotopic (exact) mass is 266 g/mol. The first-order valence-corrected chi connectivity index (χ1v) is 6.73. The standard InChI is InChI=1S/C16H18N4/c1-13-4-3-5-14(10-13)16-7-6-15(17-18-16)11-20-9-8-19(2)12-20/h3-10H,11-12H2,1-2H3. The molecular formula is C16H18N4. The number of hydrogen-bond acceptors (Lipinski definition) is 4. The molecule has 0 atom stereocenters. The van der Waals surface area contributed by atoms with Crippen molar-refractivity contribution >= 4 is 0 Å². The summed E-state index contributed by atoms with van der Waals surface area (Å²) in [5.74, 6) is 0. The van der Waals surface area contributed by atoms with Gasteiger partial charge in [-0.2, -0.15) is 10.2 Å². The molecular weight excluding hydrogens is 248 g/mol. The van der Waals surface area contributed by atoms with Gasteiger partial charge in [0, 0.05) is 25.0 Å². The largest absolute Gasteiger partial charge is 0.362 e. The lowest BCUT2D eigenvalue weighted by molar-refractivity contribution is 0.287. The summed E-state index contributed by atoms with van der Waals surface area (Å²) in [6.07, 6.45) is 4.14. The van der Waals surface area contributed by atoms with Crippen molar-refractivity contribution in [3.05, 3.63) is 60.1 Å². The van der Waals surface area contributed by atoms with Gasteiger partial charge in [0.1, 0.15) is 0 Å². The van der Waals surface area contributed by atoms with Crippen molar-refractivity contribution in [1.82, 2.24) is 20.0 Å². The number of nitrogens with zero attached hydrogens (tertiary/aromatic N) is 4. The number of aromatic nitrogens is 2. The summed E-state index contributed by atoms with van der Waals surface area (Å²) in [7, 11) is 2.06. The molecule has 20 heavy (non-hydrogen) atoms. The van der Waals surface area contributed by atoms with Crippen LogP contribution in [0.15, 0.2) is 48.8 Å². The van der Waals surface area contributed by atoms with Crippen molar-refractivity contribution in [2.45, 2.75) is 13.5 Å². The quantitative estimate of drug-likeness (QED) is 0.855. The van der Waals surface area contributed by atoms with Crippen LogP contribution in [0.5, 0.6) is 0 Å². The van der Waals surface area contributed by atoms with E-state index in [2.05, 4.69) is 70.6 Å². The highest BCUT2D eigenvalue weighted by atomic mass is 15.3. The van der Waals surface area contributed by atoms with Crippen LogP contribution in [0.3, 0.4) is 0 Å². The third-order valence-electron chi connectivity index (χ3n) is 3.34. The molecule has 2 aromatic rings. The fourth-order valence-electron chi connectivity index (χ4n) is 2.30. The normalized spacial score (nSPS) is 14.1. The zero-order valence-electron chi connectivity index (χ0n) is 11.8. The summed E-state index contributed by atoms with van der Waals surface area (Å²) in [6, 6.07) is 12.4. The van der Waals surface area contributed by atoms with Gasteiger partial charge in [0.25, 0.3) is 0 Å². The Hall–Kier alpha value is -2.36. The van der Waals surface area contributed by atoms with Crippen LogP contribution in [0.4, 0.5) is 0 Å². The van der Waals surface area contributed by atoms with E-state index >= 15 is 0 Å². The highest BCUT2D eigenvalue weighted by Gasteiger charge is 2.10. The maximum Gasteiger partial charge on any atom is 0.0929 e. The lowest BCUT2D eigenvalue weighted by atomic mass is 10.1. The molecule has 2 heterocycles. The predicted molar refractivity (Wildman–Crippen MR) is 79.5 cm³/mol. The predicted octanol–water partition coefficient (Wildman–Crippen LogP) is 2.63. The molecule has 102 valence electrons. The van der Waals surface area contributed by atoms with Crippen LogP contribution in [0, 0.1) is 6.92 Å². The smallest absolute Gasteiger partial charge is 0.0929 e. The lowest BCUT2D eigenvalue weighted by Crippen LogP contribution is -2.22. The van der Waals surface area contributed by atoms with E-state index in [-0.39, 0.29) is 0 Å². The van der Waals surface area contributed by atoms with Crippen LogP contribution in [-0.2, 0) is 6.54 Å². The van der Waals surface area contributed by atoms with E-state index in [1.54, 1.807) is 0 Å². The van der Waals surface area contributed by atoms with Gasteiger partial charge in [-0.05, 0) is 25.1 Å². The SMILES string of the molecule is Cc1cccc(-c2ccc(CN3C=CN(C)C3)nn2)c1. The van der Waals surface area contributed by atoms with Gasteiger partial charge in [-0.1, -0.05) is 23.8 Å². The summed E-state index contributed by atoms with van der Waals surface area (Å²) < 4.78 is 0. The Morgan fingerprint density at radius 3 is 2.65 bits per heavy atom. The molecule has 0 fully saturated rings. The summed E-state index contributed by atoms with van der Waals surface area (Å²) in [6.45, 7) is 3.78. The fraction of sp³-hybridized carbons (Fsp3) is 0.250. The number of rotatable bonds is 3. The van der Waals surface area contributed by atoms with Crippen molar-refractivity contribution < 1.29 is 0 Å². The van der Waals surface area contributed by atoms with Gasteiger partial charge in [0.05, 0.1) is 24.6 Å². The van der Waals surface area contributed by atoms with Gasteiger partial charge in [-0.15, -0.1) is 0 Å². The third kappa shape index (κ3) is 2.79. The van der Waals surface area contributed by atoms with Crippen LogP contribution in [0.2, 0.25) is 0 Å². The van der Waals surface area contributed by atoms with Gasteiger partial charge < -0.3 is 9.80 Å². The molecule has 0 saturated heterocycles. The third-order valence-corrected chi connectivity index (χ3v) is 3.34. The Labute approximate surface area is 119 Å². The second-order valence-corrected chi connectivity index (χ2v) is 5.22. The molecule has 4 heteroatoms. The second kappa shape index (κ2) is 5.33. The Bertz CT molecular complexity index is 619. The molecule has 0 radical (unpaired) electrons. The van der Waals surface area contributed by atoms with Crippen molar-refractivity contribution in [2.75, 3.05) is 13.7 Å². The highest BCUT2D eigenvalue weighted by Crippen LogP contribution is 2.18. The maximum atomic E-state index is 4.34. The van der Waals surface area contributed by atoms with Crippen molar-refractivity contribution in [2.24, 2.45) is 0 Å². The molecule has 1 aliphatic heterocycles. The van der Waals surface area contributed by atoms with E-state index in [0.717, 1.165) is 30.2 Å². The summed E-state index contributed by atoms with van der Waals surface area (Å²) in [5, 5.41) is 8.67. The molecule has 0 bridgehead atoms. The summed E-state index contributed by atoms with van der Waals surface area (Å²) >= 11 is 0. The van der Waals surface area contributed by atoms with Crippen molar-refractivity contribution in [1.29, 1.82) is 0 Å². The van der Waals surface area contributed by atoms with Crippen LogP contribution >= 0.6 is 0 Å². The Balaban J connectivity index is 1.73. The summed E-state index contributed by atoms with van der Waals surface area (Å²) in [4.78, 5) is 4.34. The van der Waals surface area contributed by atoms with Gasteiger partial charge in [-0.25, -0.2) is 0 Å². The highest BCUT2D eigenvalue weighted by molar-refractivity contribution is 5.59. The first-order chi connectivity index (χ1) is 9.70. The second-order valence-electron chi connectivity index (χ2n) is 5.22. The zero-order chi connectivity index (χ0) is 13.9. The molecule has 0 N–H and O–H groups in total. The van der Waals surface area contributed by atoms with E-state index < -0.39 is 0 Å². The molecule has 4 nitrogen and oxygen atoms in total. The molecule has 0 amide bonds. The minimum atomic E-state index is 0.794. The first-order valence-electron chi connectivity index (χ1n) is 6.73. The first kappa shape index (κ1) is 12.7. The molecule has 3 rings (SSSR count). The van der Waals surface area contributed by atoms with Crippen LogP contribution in [0.1, 0.15) is 11.3 Å². The topological polar surface area (TPSA) is 32.3 Å². The number of aryl methyl sites for hydroxylation is 1. The maximum absolute atomic E-state index is 4.34. The molecule has 1 aromatic heterocycles. The van der Waals surface area contributed by atoms with Crippen molar-refractivity contribution in [3.8, 4) is 11.3 Å². The molecule has 0 spiro atoms. The van der Waals surface area contributed by atoms with Crippen LogP contribution in [-0.4, -0.2) is 33.7 Å². The van der Waals surface area contributed by atoms with E-state index in [4.69, 9.17) is 0 Å². The molecule has 1 aliphatic rings. The van der Waals surface area contributed by atoms with E-state index in [1.165, 1.54) is 5.56 Å².